The lowest BCUT2D eigenvalue weighted by molar-refractivity contribution is 0.207. The summed E-state index contributed by atoms with van der Waals surface area (Å²) in [6, 6.07) is 4.64. The van der Waals surface area contributed by atoms with Gasteiger partial charge < -0.3 is 16.3 Å². The maximum absolute atomic E-state index is 14.0. The Morgan fingerprint density at radius 3 is 2.71 bits per heavy atom. The molecule has 0 bridgehead atoms. The summed E-state index contributed by atoms with van der Waals surface area (Å²) in [5.74, 6) is -0.413. The Bertz CT molecular complexity index is 510. The van der Waals surface area contributed by atoms with Crippen LogP contribution in [-0.4, -0.2) is 17.6 Å². The largest absolute Gasteiger partial charge is 0.409 e. The summed E-state index contributed by atoms with van der Waals surface area (Å²) in [6.45, 7) is 3.71. The molecule has 1 saturated carbocycles. The van der Waals surface area contributed by atoms with Crippen LogP contribution in [0, 0.1) is 11.2 Å². The van der Waals surface area contributed by atoms with Gasteiger partial charge in [0.05, 0.1) is 0 Å². The highest BCUT2D eigenvalue weighted by molar-refractivity contribution is 5.97. The summed E-state index contributed by atoms with van der Waals surface area (Å²) in [5, 5.41) is 14.8. The molecule has 0 aromatic heterocycles. The highest BCUT2D eigenvalue weighted by Crippen LogP contribution is 2.34. The SMILES string of the molecule is CC1(CNCc2ccc(/C(N)=N/O)cc2F)CCCCC1. The summed E-state index contributed by atoms with van der Waals surface area (Å²) in [4.78, 5) is 0. The minimum absolute atomic E-state index is 0.0804. The summed E-state index contributed by atoms with van der Waals surface area (Å²) >= 11 is 0. The van der Waals surface area contributed by atoms with E-state index in [1.165, 1.54) is 38.2 Å². The zero-order valence-corrected chi connectivity index (χ0v) is 12.5. The molecule has 5 heteroatoms. The first kappa shape index (κ1) is 15.8. The highest BCUT2D eigenvalue weighted by Gasteiger charge is 2.26. The van der Waals surface area contributed by atoms with Gasteiger partial charge in [-0.25, -0.2) is 4.39 Å². The van der Waals surface area contributed by atoms with E-state index in [0.29, 0.717) is 23.1 Å². The molecule has 0 unspecified atom stereocenters. The molecular weight excluding hydrogens is 269 g/mol. The van der Waals surface area contributed by atoms with Gasteiger partial charge in [0, 0.05) is 24.2 Å². The standard InChI is InChI=1S/C16H24FN3O/c1-16(7-3-2-4-8-16)11-19-10-13-6-5-12(9-14(13)17)15(18)20-21/h5-6,9,19,21H,2-4,7-8,10-11H2,1H3,(H2,18,20). The average Bonchev–Trinajstić information content (AvgIpc) is 2.48. The topological polar surface area (TPSA) is 70.6 Å². The molecule has 0 saturated heterocycles. The second-order valence-corrected chi connectivity index (χ2v) is 6.27. The van der Waals surface area contributed by atoms with Crippen LogP contribution in [0.25, 0.3) is 0 Å². The van der Waals surface area contributed by atoms with Gasteiger partial charge in [-0.05, 0) is 24.3 Å². The Kier molecular flexibility index (Phi) is 5.17. The van der Waals surface area contributed by atoms with E-state index in [2.05, 4.69) is 17.4 Å². The Morgan fingerprint density at radius 2 is 2.10 bits per heavy atom. The monoisotopic (exact) mass is 293 g/mol. The second kappa shape index (κ2) is 6.89. The molecule has 0 aliphatic heterocycles. The van der Waals surface area contributed by atoms with E-state index in [1.54, 1.807) is 12.1 Å². The number of nitrogens with two attached hydrogens (primary N) is 1. The second-order valence-electron chi connectivity index (χ2n) is 6.27. The average molecular weight is 293 g/mol. The summed E-state index contributed by atoms with van der Waals surface area (Å²) < 4.78 is 14.0. The molecule has 2 rings (SSSR count). The lowest BCUT2D eigenvalue weighted by atomic mass is 9.76. The summed E-state index contributed by atoms with van der Waals surface area (Å²) in [6.07, 6.45) is 6.40. The number of oxime groups is 1. The van der Waals surface area contributed by atoms with Crippen molar-refractivity contribution in [2.24, 2.45) is 16.3 Å². The first-order valence-corrected chi connectivity index (χ1v) is 7.51. The van der Waals surface area contributed by atoms with Crippen LogP contribution in [0.15, 0.2) is 23.4 Å². The third-order valence-electron chi connectivity index (χ3n) is 4.38. The summed E-state index contributed by atoms with van der Waals surface area (Å²) in [7, 11) is 0. The van der Waals surface area contributed by atoms with Crippen molar-refractivity contribution in [1.29, 1.82) is 0 Å². The van der Waals surface area contributed by atoms with Crippen molar-refractivity contribution in [3.63, 3.8) is 0 Å². The van der Waals surface area contributed by atoms with Crippen molar-refractivity contribution in [1.82, 2.24) is 5.32 Å². The smallest absolute Gasteiger partial charge is 0.170 e. The normalized spacial score (nSPS) is 18.7. The molecule has 0 atom stereocenters. The number of halogens is 1. The zero-order chi connectivity index (χ0) is 15.3. The molecule has 1 fully saturated rings. The van der Waals surface area contributed by atoms with Crippen LogP contribution in [0.2, 0.25) is 0 Å². The van der Waals surface area contributed by atoms with Crippen LogP contribution in [0.1, 0.15) is 50.2 Å². The van der Waals surface area contributed by atoms with E-state index >= 15 is 0 Å². The lowest BCUT2D eigenvalue weighted by Gasteiger charge is -2.33. The number of rotatable bonds is 5. The van der Waals surface area contributed by atoms with Crippen LogP contribution < -0.4 is 11.1 Å². The van der Waals surface area contributed by atoms with E-state index < -0.39 is 0 Å². The molecule has 0 spiro atoms. The number of nitrogens with one attached hydrogen (secondary N) is 1. The Hall–Kier alpha value is -1.62. The van der Waals surface area contributed by atoms with Crippen LogP contribution >= 0.6 is 0 Å². The minimum Gasteiger partial charge on any atom is -0.409 e. The number of amidine groups is 1. The lowest BCUT2D eigenvalue weighted by Crippen LogP contribution is -2.33. The van der Waals surface area contributed by atoms with Gasteiger partial charge in [-0.1, -0.05) is 43.5 Å². The molecule has 0 amide bonds. The van der Waals surface area contributed by atoms with E-state index in [-0.39, 0.29) is 11.7 Å². The molecule has 1 aliphatic carbocycles. The van der Waals surface area contributed by atoms with Crippen molar-refractivity contribution in [2.45, 2.75) is 45.6 Å². The minimum atomic E-state index is -0.333. The van der Waals surface area contributed by atoms with Gasteiger partial charge in [0.25, 0.3) is 0 Å². The number of hydrogen-bond acceptors (Lipinski definition) is 3. The van der Waals surface area contributed by atoms with Gasteiger partial charge in [0.15, 0.2) is 5.84 Å². The fourth-order valence-electron chi connectivity index (χ4n) is 2.99. The number of benzene rings is 1. The van der Waals surface area contributed by atoms with Crippen molar-refractivity contribution >= 4 is 5.84 Å². The summed E-state index contributed by atoms with van der Waals surface area (Å²) in [5.41, 5.74) is 6.77. The van der Waals surface area contributed by atoms with E-state index in [4.69, 9.17) is 10.9 Å². The maximum atomic E-state index is 14.0. The van der Waals surface area contributed by atoms with Gasteiger partial charge in [-0.3, -0.25) is 0 Å². The molecule has 1 aromatic rings. The van der Waals surface area contributed by atoms with E-state index in [1.807, 2.05) is 0 Å². The van der Waals surface area contributed by atoms with Gasteiger partial charge in [0.2, 0.25) is 0 Å². The van der Waals surface area contributed by atoms with E-state index in [9.17, 15) is 4.39 Å². The highest BCUT2D eigenvalue weighted by atomic mass is 19.1. The molecule has 116 valence electrons. The predicted molar refractivity (Wildman–Crippen MR) is 81.8 cm³/mol. The Morgan fingerprint density at radius 1 is 1.38 bits per heavy atom. The van der Waals surface area contributed by atoms with Crippen LogP contribution in [0.5, 0.6) is 0 Å². The van der Waals surface area contributed by atoms with Crippen molar-refractivity contribution in [2.75, 3.05) is 6.54 Å². The first-order chi connectivity index (χ1) is 10.0. The first-order valence-electron chi connectivity index (χ1n) is 7.51. The Balaban J connectivity index is 1.91. The van der Waals surface area contributed by atoms with E-state index in [0.717, 1.165) is 6.54 Å². The fourth-order valence-corrected chi connectivity index (χ4v) is 2.99. The molecule has 1 aromatic carbocycles. The fraction of sp³-hybridized carbons (Fsp3) is 0.562. The third kappa shape index (κ3) is 4.17. The maximum Gasteiger partial charge on any atom is 0.170 e. The molecule has 4 N–H and O–H groups in total. The molecule has 1 aliphatic rings. The van der Waals surface area contributed by atoms with Gasteiger partial charge >= 0.3 is 0 Å². The van der Waals surface area contributed by atoms with Gasteiger partial charge in [-0.15, -0.1) is 0 Å². The molecular formula is C16H24FN3O. The van der Waals surface area contributed by atoms with Gasteiger partial charge in [-0.2, -0.15) is 0 Å². The predicted octanol–water partition coefficient (Wildman–Crippen LogP) is 2.98. The van der Waals surface area contributed by atoms with Crippen molar-refractivity contribution in [3.05, 3.63) is 35.1 Å². The van der Waals surface area contributed by atoms with Gasteiger partial charge in [0.1, 0.15) is 5.82 Å². The van der Waals surface area contributed by atoms with Crippen molar-refractivity contribution in [3.8, 4) is 0 Å². The third-order valence-corrected chi connectivity index (χ3v) is 4.38. The van der Waals surface area contributed by atoms with Crippen LogP contribution in [0.4, 0.5) is 4.39 Å². The zero-order valence-electron chi connectivity index (χ0n) is 12.5. The number of hydrogen-bond donors (Lipinski definition) is 3. The Labute approximate surface area is 125 Å². The molecule has 0 heterocycles. The molecule has 0 radical (unpaired) electrons. The van der Waals surface area contributed by atoms with Crippen LogP contribution in [0.3, 0.4) is 0 Å². The molecule has 21 heavy (non-hydrogen) atoms. The quantitative estimate of drug-likeness (QED) is 0.338. The molecule has 4 nitrogen and oxygen atoms in total. The number of nitrogens with zero attached hydrogens (tertiary/aromatic N) is 1. The van der Waals surface area contributed by atoms with Crippen LogP contribution in [-0.2, 0) is 6.54 Å². The van der Waals surface area contributed by atoms with Crippen molar-refractivity contribution < 1.29 is 9.60 Å².